The molecule has 1 unspecified atom stereocenters. The zero-order valence-corrected chi connectivity index (χ0v) is 10.9. The van der Waals surface area contributed by atoms with Crippen molar-refractivity contribution in [3.8, 4) is 0 Å². The number of aryl methyl sites for hydroxylation is 1. The molecule has 2 aliphatic rings. The highest BCUT2D eigenvalue weighted by atomic mass is 79.9. The van der Waals surface area contributed by atoms with Crippen molar-refractivity contribution in [2.75, 3.05) is 0 Å². The first kappa shape index (κ1) is 10.8. The minimum Gasteiger partial charge on any atom is -0.370 e. The van der Waals surface area contributed by atoms with Crippen LogP contribution in [0, 0.1) is 0 Å². The summed E-state index contributed by atoms with van der Waals surface area (Å²) in [5.74, 6) is 0. The van der Waals surface area contributed by atoms with E-state index in [9.17, 15) is 0 Å². The van der Waals surface area contributed by atoms with Crippen molar-refractivity contribution in [1.29, 1.82) is 0 Å². The van der Waals surface area contributed by atoms with Crippen molar-refractivity contribution in [1.82, 2.24) is 0 Å². The molecular weight excluding hydrogens is 264 g/mol. The highest BCUT2D eigenvalue weighted by Crippen LogP contribution is 2.38. The summed E-state index contributed by atoms with van der Waals surface area (Å²) in [7, 11) is 0. The summed E-state index contributed by atoms with van der Waals surface area (Å²) in [5, 5.41) is 0. The van der Waals surface area contributed by atoms with Crippen LogP contribution in [-0.2, 0) is 11.2 Å². The SMILES string of the molecule is BrC1CC(OC2CCCc3ccccc32)C1. The molecule has 0 amide bonds. The average Bonchev–Trinajstić information content (AvgIpc) is 2.27. The van der Waals surface area contributed by atoms with E-state index in [-0.39, 0.29) is 0 Å². The summed E-state index contributed by atoms with van der Waals surface area (Å²) in [6, 6.07) is 8.76. The molecule has 0 spiro atoms. The van der Waals surface area contributed by atoms with Crippen molar-refractivity contribution in [2.24, 2.45) is 0 Å². The van der Waals surface area contributed by atoms with Crippen LogP contribution in [0.1, 0.15) is 42.9 Å². The van der Waals surface area contributed by atoms with E-state index in [1.807, 2.05) is 0 Å². The number of rotatable bonds is 2. The monoisotopic (exact) mass is 280 g/mol. The Labute approximate surface area is 105 Å². The summed E-state index contributed by atoms with van der Waals surface area (Å²) in [6.45, 7) is 0. The maximum absolute atomic E-state index is 6.19. The topological polar surface area (TPSA) is 9.23 Å². The van der Waals surface area contributed by atoms with Crippen LogP contribution in [0.2, 0.25) is 0 Å². The molecular formula is C14H17BrO. The van der Waals surface area contributed by atoms with E-state index in [1.165, 1.54) is 43.2 Å². The maximum Gasteiger partial charge on any atom is 0.0831 e. The van der Waals surface area contributed by atoms with Gasteiger partial charge >= 0.3 is 0 Å². The Morgan fingerprint density at radius 1 is 1.19 bits per heavy atom. The van der Waals surface area contributed by atoms with Gasteiger partial charge in [0.15, 0.2) is 0 Å². The van der Waals surface area contributed by atoms with Crippen molar-refractivity contribution < 1.29 is 4.74 Å². The number of hydrogen-bond acceptors (Lipinski definition) is 1. The van der Waals surface area contributed by atoms with Crippen LogP contribution in [0.5, 0.6) is 0 Å². The summed E-state index contributed by atoms with van der Waals surface area (Å²) < 4.78 is 6.19. The molecule has 0 heterocycles. The Hall–Kier alpha value is -0.340. The average molecular weight is 281 g/mol. The van der Waals surface area contributed by atoms with Gasteiger partial charge in [0, 0.05) is 4.83 Å². The summed E-state index contributed by atoms with van der Waals surface area (Å²) in [5.41, 5.74) is 2.93. The predicted octanol–water partition coefficient (Wildman–Crippen LogP) is 4.01. The van der Waals surface area contributed by atoms with Crippen LogP contribution in [-0.4, -0.2) is 10.9 Å². The molecule has 1 nitrogen and oxygen atoms in total. The first-order valence-corrected chi connectivity index (χ1v) is 7.12. The largest absolute Gasteiger partial charge is 0.370 e. The Bertz CT molecular complexity index is 371. The Balaban J connectivity index is 1.72. The van der Waals surface area contributed by atoms with E-state index < -0.39 is 0 Å². The zero-order chi connectivity index (χ0) is 11.0. The van der Waals surface area contributed by atoms with Gasteiger partial charge in [0.05, 0.1) is 12.2 Å². The number of ether oxygens (including phenoxy) is 1. The van der Waals surface area contributed by atoms with Gasteiger partial charge in [-0.2, -0.15) is 0 Å². The highest BCUT2D eigenvalue weighted by Gasteiger charge is 2.31. The number of fused-ring (bicyclic) bond motifs is 1. The molecule has 0 bridgehead atoms. The third-order valence-corrected chi connectivity index (χ3v) is 4.46. The lowest BCUT2D eigenvalue weighted by Crippen LogP contribution is -2.33. The Morgan fingerprint density at radius 3 is 2.81 bits per heavy atom. The van der Waals surface area contributed by atoms with Crippen molar-refractivity contribution >= 4 is 15.9 Å². The van der Waals surface area contributed by atoms with Gasteiger partial charge in [0.25, 0.3) is 0 Å². The smallest absolute Gasteiger partial charge is 0.0831 e. The van der Waals surface area contributed by atoms with Crippen LogP contribution in [0.3, 0.4) is 0 Å². The molecule has 0 N–H and O–H groups in total. The highest BCUT2D eigenvalue weighted by molar-refractivity contribution is 9.09. The molecule has 16 heavy (non-hydrogen) atoms. The van der Waals surface area contributed by atoms with Crippen LogP contribution < -0.4 is 0 Å². The second-order valence-electron chi connectivity index (χ2n) is 4.91. The number of benzene rings is 1. The predicted molar refractivity (Wildman–Crippen MR) is 68.9 cm³/mol. The minimum absolute atomic E-state index is 0.356. The molecule has 86 valence electrons. The maximum atomic E-state index is 6.19. The molecule has 0 aromatic heterocycles. The van der Waals surface area contributed by atoms with E-state index in [4.69, 9.17) is 4.74 Å². The third kappa shape index (κ3) is 2.05. The second-order valence-corrected chi connectivity index (χ2v) is 6.20. The van der Waals surface area contributed by atoms with Gasteiger partial charge in [-0.25, -0.2) is 0 Å². The van der Waals surface area contributed by atoms with Gasteiger partial charge in [0.1, 0.15) is 0 Å². The van der Waals surface area contributed by atoms with Crippen LogP contribution >= 0.6 is 15.9 Å². The third-order valence-electron chi connectivity index (χ3n) is 3.71. The summed E-state index contributed by atoms with van der Waals surface area (Å²) in [6.07, 6.45) is 6.89. The van der Waals surface area contributed by atoms with Crippen molar-refractivity contribution in [3.05, 3.63) is 35.4 Å². The standard InChI is InChI=1S/C14H17BrO/c15-11-8-12(9-11)16-14-7-3-5-10-4-1-2-6-13(10)14/h1-2,4,6,11-12,14H,3,5,7-9H2. The lowest BCUT2D eigenvalue weighted by atomic mass is 9.88. The van der Waals surface area contributed by atoms with Gasteiger partial charge in [-0.3, -0.25) is 0 Å². The van der Waals surface area contributed by atoms with E-state index in [1.54, 1.807) is 0 Å². The molecule has 2 heteroatoms. The van der Waals surface area contributed by atoms with E-state index in [0.29, 0.717) is 17.0 Å². The van der Waals surface area contributed by atoms with Gasteiger partial charge in [-0.1, -0.05) is 40.2 Å². The van der Waals surface area contributed by atoms with E-state index in [2.05, 4.69) is 40.2 Å². The van der Waals surface area contributed by atoms with Crippen LogP contribution in [0.15, 0.2) is 24.3 Å². The molecule has 0 aliphatic heterocycles. The first-order valence-electron chi connectivity index (χ1n) is 6.20. The van der Waals surface area contributed by atoms with Crippen molar-refractivity contribution in [3.63, 3.8) is 0 Å². The molecule has 2 aliphatic carbocycles. The Morgan fingerprint density at radius 2 is 2.00 bits per heavy atom. The number of halogens is 1. The molecule has 1 fully saturated rings. The summed E-state index contributed by atoms with van der Waals surface area (Å²) >= 11 is 3.62. The number of alkyl halides is 1. The van der Waals surface area contributed by atoms with Crippen LogP contribution in [0.4, 0.5) is 0 Å². The molecule has 3 rings (SSSR count). The number of hydrogen-bond donors (Lipinski definition) is 0. The normalized spacial score (nSPS) is 32.9. The molecule has 1 saturated carbocycles. The molecule has 1 atom stereocenters. The molecule has 0 radical (unpaired) electrons. The van der Waals surface area contributed by atoms with Gasteiger partial charge in [-0.05, 0) is 43.2 Å². The van der Waals surface area contributed by atoms with E-state index >= 15 is 0 Å². The minimum atomic E-state index is 0.356. The quantitative estimate of drug-likeness (QED) is 0.744. The van der Waals surface area contributed by atoms with Gasteiger partial charge < -0.3 is 4.74 Å². The lowest BCUT2D eigenvalue weighted by molar-refractivity contribution is -0.0558. The first-order chi connectivity index (χ1) is 7.83. The van der Waals surface area contributed by atoms with Crippen LogP contribution in [0.25, 0.3) is 0 Å². The fourth-order valence-electron chi connectivity index (χ4n) is 2.70. The van der Waals surface area contributed by atoms with Crippen molar-refractivity contribution in [2.45, 2.75) is 49.1 Å². The van der Waals surface area contributed by atoms with Gasteiger partial charge in [0.2, 0.25) is 0 Å². The lowest BCUT2D eigenvalue weighted by Gasteiger charge is -2.36. The van der Waals surface area contributed by atoms with E-state index in [0.717, 1.165) is 0 Å². The molecule has 1 aromatic carbocycles. The zero-order valence-electron chi connectivity index (χ0n) is 9.36. The molecule has 1 aromatic rings. The second kappa shape index (κ2) is 4.50. The fraction of sp³-hybridized carbons (Fsp3) is 0.571. The summed E-state index contributed by atoms with van der Waals surface area (Å²) in [4.78, 5) is 0.691. The molecule has 0 saturated heterocycles. The van der Waals surface area contributed by atoms with Gasteiger partial charge in [-0.15, -0.1) is 0 Å². The Kier molecular flexibility index (Phi) is 3.03. The fourth-order valence-corrected chi connectivity index (χ4v) is 3.53.